The van der Waals surface area contributed by atoms with Crippen LogP contribution in [0, 0.1) is 13.8 Å². The summed E-state index contributed by atoms with van der Waals surface area (Å²) in [6.45, 7) is 3.83. The first kappa shape index (κ1) is 15.3. The minimum Gasteiger partial charge on any atom is -0.496 e. The summed E-state index contributed by atoms with van der Waals surface area (Å²) < 4.78 is 29.7. The van der Waals surface area contributed by atoms with Crippen molar-refractivity contribution in [3.8, 4) is 5.75 Å². The molecule has 1 aromatic rings. The molecule has 1 aliphatic rings. The predicted octanol–water partition coefficient (Wildman–Crippen LogP) is 2.31. The predicted molar refractivity (Wildman–Crippen MR) is 78.9 cm³/mol. The summed E-state index contributed by atoms with van der Waals surface area (Å²) in [7, 11) is -1.69. The van der Waals surface area contributed by atoms with Crippen molar-refractivity contribution in [2.75, 3.05) is 12.9 Å². The van der Waals surface area contributed by atoms with Crippen LogP contribution < -0.4 is 4.74 Å². The highest BCUT2D eigenvalue weighted by molar-refractivity contribution is 7.92. The minimum atomic E-state index is -3.23. The Kier molecular flexibility index (Phi) is 4.39. The number of aryl methyl sites for hydroxylation is 2. The zero-order valence-corrected chi connectivity index (χ0v) is 13.0. The lowest BCUT2D eigenvalue weighted by Gasteiger charge is -2.28. The average Bonchev–Trinajstić information content (AvgIpc) is 2.36. The maximum Gasteiger partial charge on any atom is 0.156 e. The Morgan fingerprint density at radius 3 is 2.60 bits per heavy atom. The van der Waals surface area contributed by atoms with E-state index in [2.05, 4.69) is 0 Å². The molecule has 0 bridgehead atoms. The molecule has 0 aromatic heterocycles. The summed E-state index contributed by atoms with van der Waals surface area (Å²) in [6.07, 6.45) is 1.03. The molecular weight excluding hydrogens is 276 g/mol. The van der Waals surface area contributed by atoms with Gasteiger partial charge in [-0.25, -0.2) is 8.42 Å². The molecule has 2 rings (SSSR count). The number of aliphatic hydroxyl groups excluding tert-OH is 1. The van der Waals surface area contributed by atoms with Crippen molar-refractivity contribution in [1.82, 2.24) is 0 Å². The van der Waals surface area contributed by atoms with Gasteiger partial charge < -0.3 is 9.84 Å². The molecule has 2 atom stereocenters. The molecular formula is C15H22O4S. The van der Waals surface area contributed by atoms with Crippen molar-refractivity contribution in [1.29, 1.82) is 0 Å². The van der Waals surface area contributed by atoms with E-state index in [-0.39, 0.29) is 5.75 Å². The van der Waals surface area contributed by atoms with E-state index in [4.69, 9.17) is 4.74 Å². The van der Waals surface area contributed by atoms with Gasteiger partial charge in [0.15, 0.2) is 9.84 Å². The van der Waals surface area contributed by atoms with E-state index in [0.29, 0.717) is 24.2 Å². The summed E-state index contributed by atoms with van der Waals surface area (Å²) in [5, 5.41) is 9.89. The van der Waals surface area contributed by atoms with Crippen LogP contribution in [0.1, 0.15) is 42.1 Å². The van der Waals surface area contributed by atoms with Crippen LogP contribution in [0.2, 0.25) is 0 Å². The Labute approximate surface area is 120 Å². The zero-order valence-electron chi connectivity index (χ0n) is 12.2. The van der Waals surface area contributed by atoms with Gasteiger partial charge in [0.1, 0.15) is 5.75 Å². The molecule has 1 heterocycles. The van der Waals surface area contributed by atoms with Crippen molar-refractivity contribution in [2.45, 2.75) is 44.5 Å². The molecule has 0 amide bonds. The highest BCUT2D eigenvalue weighted by Gasteiger charge is 2.37. The molecule has 0 radical (unpaired) electrons. The third-order valence-electron chi connectivity index (χ3n) is 3.99. The maximum absolute atomic E-state index is 12.2. The van der Waals surface area contributed by atoms with Gasteiger partial charge in [-0.1, -0.05) is 12.5 Å². The second-order valence-corrected chi connectivity index (χ2v) is 7.88. The Bertz CT molecular complexity index is 592. The molecule has 1 aliphatic heterocycles. The van der Waals surface area contributed by atoms with Gasteiger partial charge >= 0.3 is 0 Å². The average molecular weight is 298 g/mol. The highest BCUT2D eigenvalue weighted by atomic mass is 32.2. The van der Waals surface area contributed by atoms with Crippen LogP contribution in [-0.2, 0) is 9.84 Å². The molecule has 1 saturated heterocycles. The number of hydrogen-bond donors (Lipinski definition) is 1. The normalized spacial score (nSPS) is 23.3. The fourth-order valence-corrected chi connectivity index (χ4v) is 4.97. The van der Waals surface area contributed by atoms with E-state index in [9.17, 15) is 13.5 Å². The number of aliphatic hydroxyl groups is 1. The molecule has 0 aliphatic carbocycles. The summed E-state index contributed by atoms with van der Waals surface area (Å²) in [4.78, 5) is 0. The van der Waals surface area contributed by atoms with Crippen molar-refractivity contribution in [3.63, 3.8) is 0 Å². The van der Waals surface area contributed by atoms with E-state index < -0.39 is 21.2 Å². The smallest absolute Gasteiger partial charge is 0.156 e. The quantitative estimate of drug-likeness (QED) is 0.930. The number of methoxy groups -OCH3 is 1. The lowest BCUT2D eigenvalue weighted by molar-refractivity contribution is 0.159. The van der Waals surface area contributed by atoms with Gasteiger partial charge in [0.2, 0.25) is 0 Å². The maximum atomic E-state index is 12.2. The minimum absolute atomic E-state index is 0.169. The van der Waals surface area contributed by atoms with Crippen LogP contribution >= 0.6 is 0 Å². The van der Waals surface area contributed by atoms with Gasteiger partial charge in [0, 0.05) is 5.56 Å². The monoisotopic (exact) mass is 298 g/mol. The summed E-state index contributed by atoms with van der Waals surface area (Å²) >= 11 is 0. The van der Waals surface area contributed by atoms with Crippen molar-refractivity contribution >= 4 is 9.84 Å². The van der Waals surface area contributed by atoms with Gasteiger partial charge in [-0.3, -0.25) is 0 Å². The van der Waals surface area contributed by atoms with E-state index in [1.807, 2.05) is 26.0 Å². The van der Waals surface area contributed by atoms with Gasteiger partial charge in [-0.2, -0.15) is 0 Å². The third kappa shape index (κ3) is 2.83. The largest absolute Gasteiger partial charge is 0.496 e. The Balaban J connectivity index is 2.45. The Morgan fingerprint density at radius 2 is 2.00 bits per heavy atom. The zero-order chi connectivity index (χ0) is 14.9. The molecule has 5 heteroatoms. The Hall–Kier alpha value is -1.07. The van der Waals surface area contributed by atoms with Crippen LogP contribution in [0.3, 0.4) is 0 Å². The molecule has 1 N–H and O–H groups in total. The first-order chi connectivity index (χ1) is 9.36. The summed E-state index contributed by atoms with van der Waals surface area (Å²) in [6, 6.07) is 3.78. The first-order valence-electron chi connectivity index (χ1n) is 6.91. The Morgan fingerprint density at radius 1 is 1.30 bits per heavy atom. The van der Waals surface area contributed by atoms with E-state index in [0.717, 1.165) is 17.5 Å². The van der Waals surface area contributed by atoms with E-state index >= 15 is 0 Å². The van der Waals surface area contributed by atoms with Crippen LogP contribution in [-0.4, -0.2) is 31.6 Å². The van der Waals surface area contributed by atoms with E-state index in [1.54, 1.807) is 7.11 Å². The van der Waals surface area contributed by atoms with Gasteiger partial charge in [0.25, 0.3) is 0 Å². The standard InChI is InChI=1S/C15H22O4S/c1-10-8-11(2)14(12(9-10)19-3)15(16)13-6-4-5-7-20(13,17)18/h8-9,13,15-16H,4-7H2,1-3H3. The number of benzene rings is 1. The molecule has 1 aromatic carbocycles. The number of rotatable bonds is 3. The third-order valence-corrected chi connectivity index (χ3v) is 6.26. The number of sulfone groups is 1. The molecule has 20 heavy (non-hydrogen) atoms. The highest BCUT2D eigenvalue weighted by Crippen LogP contribution is 2.37. The van der Waals surface area contributed by atoms with Gasteiger partial charge in [-0.15, -0.1) is 0 Å². The molecule has 0 saturated carbocycles. The molecule has 112 valence electrons. The molecule has 4 nitrogen and oxygen atoms in total. The fourth-order valence-electron chi connectivity index (χ4n) is 3.01. The van der Waals surface area contributed by atoms with Gasteiger partial charge in [0.05, 0.1) is 24.2 Å². The second-order valence-electron chi connectivity index (χ2n) is 5.54. The van der Waals surface area contributed by atoms with Crippen LogP contribution in [0.25, 0.3) is 0 Å². The fraction of sp³-hybridized carbons (Fsp3) is 0.600. The second kappa shape index (κ2) is 5.74. The first-order valence-corrected chi connectivity index (χ1v) is 8.63. The van der Waals surface area contributed by atoms with Crippen molar-refractivity contribution in [2.24, 2.45) is 0 Å². The summed E-state index contributed by atoms with van der Waals surface area (Å²) in [5.41, 5.74) is 2.51. The topological polar surface area (TPSA) is 63.6 Å². The van der Waals surface area contributed by atoms with Crippen molar-refractivity contribution < 1.29 is 18.3 Å². The molecule has 2 unspecified atom stereocenters. The molecule has 1 fully saturated rings. The van der Waals surface area contributed by atoms with Crippen LogP contribution in [0.5, 0.6) is 5.75 Å². The lowest BCUT2D eigenvalue weighted by atomic mass is 9.95. The number of hydrogen-bond acceptors (Lipinski definition) is 4. The van der Waals surface area contributed by atoms with Crippen LogP contribution in [0.4, 0.5) is 0 Å². The SMILES string of the molecule is COc1cc(C)cc(C)c1C(O)C1CCCCS1(=O)=O. The van der Waals surface area contributed by atoms with Crippen molar-refractivity contribution in [3.05, 3.63) is 28.8 Å². The lowest BCUT2D eigenvalue weighted by Crippen LogP contribution is -2.34. The molecule has 0 spiro atoms. The number of ether oxygens (including phenoxy) is 1. The van der Waals surface area contributed by atoms with Gasteiger partial charge in [-0.05, 0) is 43.9 Å². The van der Waals surface area contributed by atoms with E-state index in [1.165, 1.54) is 0 Å². The summed E-state index contributed by atoms with van der Waals surface area (Å²) in [5.74, 6) is 0.734. The van der Waals surface area contributed by atoms with Crippen LogP contribution in [0.15, 0.2) is 12.1 Å².